The molecular formula is C10H9N3O. The molecule has 0 saturated heterocycles. The zero-order valence-electron chi connectivity index (χ0n) is 7.53. The van der Waals surface area contributed by atoms with E-state index in [4.69, 9.17) is 15.4 Å². The van der Waals surface area contributed by atoms with Gasteiger partial charge in [-0.2, -0.15) is 5.26 Å². The van der Waals surface area contributed by atoms with E-state index in [0.717, 1.165) is 11.1 Å². The summed E-state index contributed by atoms with van der Waals surface area (Å²) in [7, 11) is 0. The second-order valence-corrected chi connectivity index (χ2v) is 2.95. The summed E-state index contributed by atoms with van der Waals surface area (Å²) in [5.74, 6) is 0.455. The molecule has 0 aliphatic rings. The summed E-state index contributed by atoms with van der Waals surface area (Å²) in [6.07, 6.45) is 0.201. The average molecular weight is 187 g/mol. The minimum absolute atomic E-state index is 0.201. The third-order valence-corrected chi connectivity index (χ3v) is 1.96. The lowest BCUT2D eigenvalue weighted by Gasteiger charge is -1.92. The highest BCUT2D eigenvalue weighted by Gasteiger charge is 2.04. The maximum atomic E-state index is 8.48. The molecule has 1 aromatic carbocycles. The standard InChI is InChI=1S/C10H9N3O/c11-4-3-10-13-8-5-7(6-12)1-2-9(8)14-10/h1-2,5H,3,6,12H2. The summed E-state index contributed by atoms with van der Waals surface area (Å²) >= 11 is 0. The van der Waals surface area contributed by atoms with Crippen molar-refractivity contribution in [2.24, 2.45) is 5.73 Å². The number of fused-ring (bicyclic) bond motifs is 1. The molecule has 0 amide bonds. The Labute approximate surface area is 81.0 Å². The molecule has 0 atom stereocenters. The van der Waals surface area contributed by atoms with Gasteiger partial charge < -0.3 is 10.2 Å². The number of nitrogens with zero attached hydrogens (tertiary/aromatic N) is 2. The summed E-state index contributed by atoms with van der Waals surface area (Å²) in [5.41, 5.74) is 7.97. The van der Waals surface area contributed by atoms with Crippen LogP contribution in [-0.2, 0) is 13.0 Å². The highest BCUT2D eigenvalue weighted by molar-refractivity contribution is 5.73. The van der Waals surface area contributed by atoms with Crippen LogP contribution in [0, 0.1) is 11.3 Å². The van der Waals surface area contributed by atoms with Gasteiger partial charge in [0, 0.05) is 6.54 Å². The van der Waals surface area contributed by atoms with Crippen LogP contribution in [0.25, 0.3) is 11.1 Å². The number of nitrogens with two attached hydrogens (primary N) is 1. The molecule has 14 heavy (non-hydrogen) atoms. The van der Waals surface area contributed by atoms with E-state index >= 15 is 0 Å². The zero-order valence-corrected chi connectivity index (χ0v) is 7.53. The molecule has 0 unspecified atom stereocenters. The molecule has 0 saturated carbocycles. The Morgan fingerprint density at radius 1 is 1.50 bits per heavy atom. The van der Waals surface area contributed by atoms with Crippen molar-refractivity contribution < 1.29 is 4.42 Å². The minimum Gasteiger partial charge on any atom is -0.440 e. The van der Waals surface area contributed by atoms with Gasteiger partial charge in [-0.15, -0.1) is 0 Å². The average Bonchev–Trinajstić information content (AvgIpc) is 2.59. The summed E-state index contributed by atoms with van der Waals surface area (Å²) < 4.78 is 5.33. The van der Waals surface area contributed by atoms with Gasteiger partial charge in [-0.05, 0) is 17.7 Å². The Bertz CT molecular complexity index is 496. The Hall–Kier alpha value is -1.86. The molecule has 1 aromatic heterocycles. The second-order valence-electron chi connectivity index (χ2n) is 2.95. The molecule has 0 spiro atoms. The van der Waals surface area contributed by atoms with Gasteiger partial charge in [-0.3, -0.25) is 0 Å². The molecule has 0 fully saturated rings. The lowest BCUT2D eigenvalue weighted by atomic mass is 10.2. The van der Waals surface area contributed by atoms with Crippen LogP contribution in [0.3, 0.4) is 0 Å². The first-order valence-electron chi connectivity index (χ1n) is 4.29. The maximum Gasteiger partial charge on any atom is 0.209 e. The summed E-state index contributed by atoms with van der Waals surface area (Å²) in [6, 6.07) is 7.58. The molecule has 1 heterocycles. The van der Waals surface area contributed by atoms with Crippen molar-refractivity contribution in [2.45, 2.75) is 13.0 Å². The van der Waals surface area contributed by atoms with E-state index in [1.807, 2.05) is 24.3 Å². The Balaban J connectivity index is 2.50. The lowest BCUT2D eigenvalue weighted by Crippen LogP contribution is -1.94. The number of hydrogen-bond acceptors (Lipinski definition) is 4. The minimum atomic E-state index is 0.201. The maximum absolute atomic E-state index is 8.48. The molecule has 4 heteroatoms. The van der Waals surface area contributed by atoms with Crippen LogP contribution in [0.2, 0.25) is 0 Å². The number of nitriles is 1. The summed E-state index contributed by atoms with van der Waals surface area (Å²) in [4.78, 5) is 4.17. The molecule has 70 valence electrons. The quantitative estimate of drug-likeness (QED) is 0.769. The first kappa shape index (κ1) is 8.73. The predicted molar refractivity (Wildman–Crippen MR) is 51.2 cm³/mol. The fourth-order valence-electron chi connectivity index (χ4n) is 1.29. The number of hydrogen-bond donors (Lipinski definition) is 1. The van der Waals surface area contributed by atoms with Gasteiger partial charge in [0.2, 0.25) is 5.89 Å². The third kappa shape index (κ3) is 1.45. The first-order chi connectivity index (χ1) is 6.83. The van der Waals surface area contributed by atoms with Crippen molar-refractivity contribution in [3.63, 3.8) is 0 Å². The monoisotopic (exact) mass is 187 g/mol. The highest BCUT2D eigenvalue weighted by atomic mass is 16.3. The zero-order chi connectivity index (χ0) is 9.97. The smallest absolute Gasteiger partial charge is 0.209 e. The SMILES string of the molecule is N#CCc1nc2cc(CN)ccc2o1. The van der Waals surface area contributed by atoms with Crippen molar-refractivity contribution in [3.05, 3.63) is 29.7 Å². The molecular weight excluding hydrogens is 178 g/mol. The van der Waals surface area contributed by atoms with Crippen LogP contribution in [-0.4, -0.2) is 4.98 Å². The number of oxazole rings is 1. The van der Waals surface area contributed by atoms with Gasteiger partial charge in [0.1, 0.15) is 11.9 Å². The van der Waals surface area contributed by atoms with E-state index in [0.29, 0.717) is 18.0 Å². The normalized spacial score (nSPS) is 10.3. The molecule has 0 radical (unpaired) electrons. The van der Waals surface area contributed by atoms with Gasteiger partial charge in [-0.1, -0.05) is 6.07 Å². The van der Waals surface area contributed by atoms with Gasteiger partial charge in [0.15, 0.2) is 5.58 Å². The van der Waals surface area contributed by atoms with Crippen LogP contribution in [0.5, 0.6) is 0 Å². The fraction of sp³-hybridized carbons (Fsp3) is 0.200. The van der Waals surface area contributed by atoms with Crippen molar-refractivity contribution in [3.8, 4) is 6.07 Å². The first-order valence-corrected chi connectivity index (χ1v) is 4.29. The molecule has 0 aliphatic carbocycles. The van der Waals surface area contributed by atoms with E-state index in [1.165, 1.54) is 0 Å². The van der Waals surface area contributed by atoms with Crippen molar-refractivity contribution >= 4 is 11.1 Å². The van der Waals surface area contributed by atoms with Gasteiger partial charge in [-0.25, -0.2) is 4.98 Å². The van der Waals surface area contributed by atoms with Crippen LogP contribution >= 0.6 is 0 Å². The molecule has 0 bridgehead atoms. The summed E-state index contributed by atoms with van der Waals surface area (Å²) in [6.45, 7) is 0.483. The molecule has 2 N–H and O–H groups in total. The van der Waals surface area contributed by atoms with Gasteiger partial charge >= 0.3 is 0 Å². The van der Waals surface area contributed by atoms with E-state index in [9.17, 15) is 0 Å². The van der Waals surface area contributed by atoms with Crippen molar-refractivity contribution in [1.82, 2.24) is 4.98 Å². The Morgan fingerprint density at radius 3 is 3.07 bits per heavy atom. The van der Waals surface area contributed by atoms with Crippen LogP contribution in [0.1, 0.15) is 11.5 Å². The fourth-order valence-corrected chi connectivity index (χ4v) is 1.29. The molecule has 4 nitrogen and oxygen atoms in total. The number of aromatic nitrogens is 1. The highest BCUT2D eigenvalue weighted by Crippen LogP contribution is 2.17. The second kappa shape index (κ2) is 3.48. The van der Waals surface area contributed by atoms with Crippen LogP contribution in [0.15, 0.2) is 22.6 Å². The van der Waals surface area contributed by atoms with Gasteiger partial charge in [0.25, 0.3) is 0 Å². The lowest BCUT2D eigenvalue weighted by molar-refractivity contribution is 0.548. The van der Waals surface area contributed by atoms with E-state index in [2.05, 4.69) is 4.98 Å². The van der Waals surface area contributed by atoms with E-state index in [1.54, 1.807) is 0 Å². The van der Waals surface area contributed by atoms with Gasteiger partial charge in [0.05, 0.1) is 6.07 Å². The molecule has 2 aromatic rings. The molecule has 0 aliphatic heterocycles. The Morgan fingerprint density at radius 2 is 2.36 bits per heavy atom. The van der Waals surface area contributed by atoms with Crippen LogP contribution < -0.4 is 5.73 Å². The number of benzene rings is 1. The topological polar surface area (TPSA) is 75.8 Å². The van der Waals surface area contributed by atoms with Crippen LogP contribution in [0.4, 0.5) is 0 Å². The largest absolute Gasteiger partial charge is 0.440 e. The Kier molecular flexibility index (Phi) is 2.17. The summed E-state index contributed by atoms with van der Waals surface area (Å²) in [5, 5.41) is 8.48. The number of rotatable bonds is 2. The third-order valence-electron chi connectivity index (χ3n) is 1.96. The van der Waals surface area contributed by atoms with Crippen molar-refractivity contribution in [1.29, 1.82) is 5.26 Å². The predicted octanol–water partition coefficient (Wildman–Crippen LogP) is 1.35. The van der Waals surface area contributed by atoms with E-state index in [-0.39, 0.29) is 6.42 Å². The van der Waals surface area contributed by atoms with E-state index < -0.39 is 0 Å². The van der Waals surface area contributed by atoms with Crippen molar-refractivity contribution in [2.75, 3.05) is 0 Å². The molecule has 2 rings (SSSR count).